The molecule has 1 aliphatic heterocycles. The van der Waals surface area contributed by atoms with Gasteiger partial charge in [-0.05, 0) is 19.3 Å². The number of hydrogen-bond donors (Lipinski definition) is 0. The van der Waals surface area contributed by atoms with Crippen molar-refractivity contribution in [3.63, 3.8) is 0 Å². The molecule has 0 spiro atoms. The minimum atomic E-state index is -0.555. The number of hydrogen-bond acceptors (Lipinski definition) is 6. The number of aromatic nitrogens is 5. The van der Waals surface area contributed by atoms with Gasteiger partial charge in [0, 0.05) is 20.6 Å². The predicted octanol–water partition coefficient (Wildman–Crippen LogP) is -0.394. The second-order valence-corrected chi connectivity index (χ2v) is 5.98. The summed E-state index contributed by atoms with van der Waals surface area (Å²) in [6.45, 7) is 1.28. The predicted molar refractivity (Wildman–Crippen MR) is 86.6 cm³/mol. The molecule has 0 saturated carbocycles. The van der Waals surface area contributed by atoms with E-state index in [2.05, 4.69) is 10.1 Å². The lowest BCUT2D eigenvalue weighted by Crippen LogP contribution is -2.48. The molecule has 1 saturated heterocycles. The van der Waals surface area contributed by atoms with Crippen LogP contribution in [0.1, 0.15) is 24.8 Å². The Kier molecular flexibility index (Phi) is 4.20. The van der Waals surface area contributed by atoms with Crippen molar-refractivity contribution >= 4 is 5.82 Å². The minimum absolute atomic E-state index is 0.00471. The molecule has 9 heteroatoms. The lowest BCUT2D eigenvalue weighted by Gasteiger charge is -2.38. The van der Waals surface area contributed by atoms with Gasteiger partial charge in [-0.2, -0.15) is 10.4 Å². The quantitative estimate of drug-likeness (QED) is 0.760. The van der Waals surface area contributed by atoms with E-state index in [4.69, 9.17) is 0 Å². The summed E-state index contributed by atoms with van der Waals surface area (Å²) < 4.78 is 4.09. The van der Waals surface area contributed by atoms with Crippen molar-refractivity contribution in [2.45, 2.75) is 31.8 Å². The molecule has 0 aromatic carbocycles. The second kappa shape index (κ2) is 6.31. The highest BCUT2D eigenvalue weighted by Gasteiger charge is 2.29. The zero-order valence-electron chi connectivity index (χ0n) is 13.7. The summed E-state index contributed by atoms with van der Waals surface area (Å²) in [5.41, 5.74) is -0.982. The van der Waals surface area contributed by atoms with Gasteiger partial charge in [-0.25, -0.2) is 9.78 Å². The normalized spacial score (nSPS) is 17.7. The van der Waals surface area contributed by atoms with Crippen molar-refractivity contribution in [1.29, 1.82) is 5.26 Å². The van der Waals surface area contributed by atoms with Gasteiger partial charge in [-0.15, -0.1) is 0 Å². The molecule has 1 fully saturated rings. The van der Waals surface area contributed by atoms with Crippen molar-refractivity contribution < 1.29 is 0 Å². The molecule has 3 rings (SSSR count). The van der Waals surface area contributed by atoms with Gasteiger partial charge in [0.2, 0.25) is 0 Å². The highest BCUT2D eigenvalue weighted by molar-refractivity contribution is 5.54. The van der Waals surface area contributed by atoms with Gasteiger partial charge >= 0.3 is 5.69 Å². The monoisotopic (exact) mass is 329 g/mol. The van der Waals surface area contributed by atoms with E-state index in [9.17, 15) is 14.9 Å². The zero-order chi connectivity index (χ0) is 17.3. The standard InChI is InChI=1S/C15H19N7O2/c1-19-13(12(7-16)14(23)20(2)15(19)24)22-6-4-3-5-11(22)8-21-10-17-9-18-21/h9-11H,3-6,8H2,1-2H3. The van der Waals surface area contributed by atoms with Gasteiger partial charge < -0.3 is 4.90 Å². The van der Waals surface area contributed by atoms with Crippen molar-refractivity contribution in [2.24, 2.45) is 14.1 Å². The first-order valence-electron chi connectivity index (χ1n) is 7.83. The van der Waals surface area contributed by atoms with E-state index in [1.165, 1.54) is 17.9 Å². The fourth-order valence-electron chi connectivity index (χ4n) is 3.28. The molecule has 3 heterocycles. The van der Waals surface area contributed by atoms with Gasteiger partial charge in [0.1, 0.15) is 24.5 Å². The van der Waals surface area contributed by atoms with Crippen molar-refractivity contribution in [3.8, 4) is 6.07 Å². The summed E-state index contributed by atoms with van der Waals surface area (Å²) in [5.74, 6) is 0.399. The van der Waals surface area contributed by atoms with Gasteiger partial charge in [0.05, 0.1) is 12.6 Å². The number of nitriles is 1. The van der Waals surface area contributed by atoms with Crippen LogP contribution in [0.3, 0.4) is 0 Å². The average molecular weight is 329 g/mol. The van der Waals surface area contributed by atoms with E-state index in [-0.39, 0.29) is 11.6 Å². The van der Waals surface area contributed by atoms with Crippen LogP contribution in [0.4, 0.5) is 5.82 Å². The zero-order valence-corrected chi connectivity index (χ0v) is 13.7. The summed E-state index contributed by atoms with van der Waals surface area (Å²) >= 11 is 0. The first-order valence-corrected chi connectivity index (χ1v) is 7.83. The maximum atomic E-state index is 12.3. The van der Waals surface area contributed by atoms with Crippen LogP contribution in [0, 0.1) is 11.3 Å². The lowest BCUT2D eigenvalue weighted by atomic mass is 10.0. The van der Waals surface area contributed by atoms with Crippen LogP contribution in [-0.4, -0.2) is 36.5 Å². The molecule has 2 aromatic heterocycles. The Labute approximate surface area is 138 Å². The smallest absolute Gasteiger partial charge is 0.332 e. The Hall–Kier alpha value is -2.89. The van der Waals surface area contributed by atoms with Gasteiger partial charge in [-0.1, -0.05) is 0 Å². The van der Waals surface area contributed by atoms with E-state index in [0.717, 1.165) is 23.8 Å². The number of piperidine rings is 1. The van der Waals surface area contributed by atoms with E-state index in [1.807, 2.05) is 11.0 Å². The van der Waals surface area contributed by atoms with E-state index in [1.54, 1.807) is 18.1 Å². The van der Waals surface area contributed by atoms with Crippen LogP contribution >= 0.6 is 0 Å². The topological polar surface area (TPSA) is 102 Å². The van der Waals surface area contributed by atoms with Crippen molar-refractivity contribution in [2.75, 3.05) is 11.4 Å². The molecule has 1 atom stereocenters. The molecule has 0 amide bonds. The van der Waals surface area contributed by atoms with E-state index < -0.39 is 11.2 Å². The molecule has 2 aromatic rings. The van der Waals surface area contributed by atoms with Crippen LogP contribution in [0.2, 0.25) is 0 Å². The molecule has 0 bridgehead atoms. The summed E-state index contributed by atoms with van der Waals surface area (Å²) in [5, 5.41) is 13.6. The fraction of sp³-hybridized carbons (Fsp3) is 0.533. The SMILES string of the molecule is Cn1c(N2CCCCC2Cn2cncn2)c(C#N)c(=O)n(C)c1=O. The van der Waals surface area contributed by atoms with Crippen LogP contribution in [0.25, 0.3) is 0 Å². The highest BCUT2D eigenvalue weighted by Crippen LogP contribution is 2.26. The van der Waals surface area contributed by atoms with Gasteiger partial charge in [0.25, 0.3) is 5.56 Å². The lowest BCUT2D eigenvalue weighted by molar-refractivity contribution is 0.391. The number of anilines is 1. The third-order valence-corrected chi connectivity index (χ3v) is 4.51. The van der Waals surface area contributed by atoms with Crippen LogP contribution < -0.4 is 16.1 Å². The Balaban J connectivity index is 2.10. The molecular formula is C15H19N7O2. The van der Waals surface area contributed by atoms with E-state index in [0.29, 0.717) is 18.9 Å². The molecule has 1 aliphatic rings. The fourth-order valence-corrected chi connectivity index (χ4v) is 3.28. The summed E-state index contributed by atoms with van der Waals surface area (Å²) in [4.78, 5) is 30.6. The third-order valence-electron chi connectivity index (χ3n) is 4.51. The second-order valence-electron chi connectivity index (χ2n) is 5.98. The maximum Gasteiger partial charge on any atom is 0.332 e. The Morgan fingerprint density at radius 1 is 1.29 bits per heavy atom. The average Bonchev–Trinajstić information content (AvgIpc) is 3.10. The molecule has 24 heavy (non-hydrogen) atoms. The number of nitrogens with zero attached hydrogens (tertiary/aromatic N) is 7. The Morgan fingerprint density at radius 3 is 2.75 bits per heavy atom. The number of rotatable bonds is 3. The third kappa shape index (κ3) is 2.60. The van der Waals surface area contributed by atoms with Crippen molar-refractivity contribution in [3.05, 3.63) is 39.1 Å². The molecule has 0 radical (unpaired) electrons. The molecule has 0 N–H and O–H groups in total. The first-order chi connectivity index (χ1) is 11.5. The van der Waals surface area contributed by atoms with E-state index >= 15 is 0 Å². The van der Waals surface area contributed by atoms with Gasteiger partial charge in [0.15, 0.2) is 5.56 Å². The summed E-state index contributed by atoms with van der Waals surface area (Å²) in [6.07, 6.45) is 6.01. The molecule has 0 aliphatic carbocycles. The Morgan fingerprint density at radius 2 is 2.08 bits per heavy atom. The first kappa shape index (κ1) is 16.0. The summed E-state index contributed by atoms with van der Waals surface area (Å²) in [7, 11) is 2.98. The maximum absolute atomic E-state index is 12.3. The van der Waals surface area contributed by atoms with Gasteiger partial charge in [-0.3, -0.25) is 18.6 Å². The van der Waals surface area contributed by atoms with Crippen LogP contribution in [0.5, 0.6) is 0 Å². The molecule has 126 valence electrons. The van der Waals surface area contributed by atoms with Crippen LogP contribution in [-0.2, 0) is 20.6 Å². The minimum Gasteiger partial charge on any atom is -0.352 e. The Bertz CT molecular complexity index is 888. The molecular weight excluding hydrogens is 310 g/mol. The highest BCUT2D eigenvalue weighted by atomic mass is 16.2. The summed E-state index contributed by atoms with van der Waals surface area (Å²) in [6, 6.07) is 2.03. The molecule has 1 unspecified atom stereocenters. The largest absolute Gasteiger partial charge is 0.352 e. The van der Waals surface area contributed by atoms with Crippen molar-refractivity contribution in [1.82, 2.24) is 23.9 Å². The molecule has 9 nitrogen and oxygen atoms in total. The van der Waals surface area contributed by atoms with Crippen LogP contribution in [0.15, 0.2) is 22.2 Å².